The predicted molar refractivity (Wildman–Crippen MR) is 29.6 cm³/mol. The Morgan fingerprint density at radius 3 is 1.50 bits per heavy atom. The minimum Gasteiger partial charge on any atom is -0.412 e. The highest BCUT2D eigenvalue weighted by Gasteiger charge is 1.32. The third-order valence-electron chi connectivity index (χ3n) is 0. The molecule has 0 aromatic carbocycles. The first-order valence-electron chi connectivity index (χ1n) is 1.62. The maximum Gasteiger partial charge on any atom is -0.0106 e. The van der Waals surface area contributed by atoms with E-state index in [1.807, 2.05) is 6.92 Å². The first-order valence-corrected chi connectivity index (χ1v) is 1.62. The van der Waals surface area contributed by atoms with Gasteiger partial charge in [-0.25, -0.2) is 0 Å². The topological polar surface area (TPSA) is 57.5 Å². The molecule has 0 rings (SSSR count). The molecular weight excluding hydrogens is 78.0 g/mol. The highest BCUT2D eigenvalue weighted by atomic mass is 16.0. The second-order valence-corrected chi connectivity index (χ2v) is 0.408. The van der Waals surface area contributed by atoms with Gasteiger partial charge >= 0.3 is 0 Å². The molecule has 0 unspecified atom stereocenters. The highest BCUT2D eigenvalue weighted by molar-refractivity contribution is 4.22. The number of rotatable bonds is 0. The van der Waals surface area contributed by atoms with Crippen molar-refractivity contribution in [1.82, 2.24) is 0 Å². The van der Waals surface area contributed by atoms with E-state index in [4.69, 9.17) is 5.73 Å². The van der Waals surface area contributed by atoms with E-state index in [-0.39, 0.29) is 5.48 Å². The van der Waals surface area contributed by atoms with Crippen molar-refractivity contribution in [2.45, 2.75) is 6.92 Å². The summed E-state index contributed by atoms with van der Waals surface area (Å²) in [6.07, 6.45) is 0. The van der Waals surface area contributed by atoms with E-state index >= 15 is 0 Å². The van der Waals surface area contributed by atoms with E-state index in [0.29, 0.717) is 0 Å². The van der Waals surface area contributed by atoms with E-state index in [0.717, 1.165) is 6.54 Å². The van der Waals surface area contributed by atoms with Crippen LogP contribution < -0.4 is 5.73 Å². The Kier molecular flexibility index (Phi) is 415. The molecular formula is C4H13NO. The van der Waals surface area contributed by atoms with Crippen LogP contribution in [0.3, 0.4) is 0 Å². The molecule has 0 aliphatic carbocycles. The molecule has 0 atom stereocenters. The van der Waals surface area contributed by atoms with Crippen molar-refractivity contribution >= 4 is 0 Å². The fraction of sp³-hybridized carbons (Fsp3) is 0.500. The smallest absolute Gasteiger partial charge is 0.0106 e. The average molecular weight is 91.2 g/mol. The molecule has 40 valence electrons. The molecule has 0 radical (unpaired) electrons. The van der Waals surface area contributed by atoms with Crippen LogP contribution in [0.15, 0.2) is 13.2 Å². The van der Waals surface area contributed by atoms with Gasteiger partial charge in [0.2, 0.25) is 0 Å². The van der Waals surface area contributed by atoms with Crippen molar-refractivity contribution in [1.29, 1.82) is 0 Å². The van der Waals surface area contributed by atoms with Crippen LogP contribution >= 0.6 is 0 Å². The molecule has 4 N–H and O–H groups in total. The molecule has 2 heteroatoms. The summed E-state index contributed by atoms with van der Waals surface area (Å²) < 4.78 is 0. The summed E-state index contributed by atoms with van der Waals surface area (Å²) >= 11 is 0. The van der Waals surface area contributed by atoms with Crippen molar-refractivity contribution in [2.75, 3.05) is 6.54 Å². The van der Waals surface area contributed by atoms with E-state index < -0.39 is 0 Å². The summed E-state index contributed by atoms with van der Waals surface area (Å²) in [7, 11) is 0. The lowest BCUT2D eigenvalue weighted by Crippen LogP contribution is -1.87. The van der Waals surface area contributed by atoms with Crippen molar-refractivity contribution in [3.05, 3.63) is 13.2 Å². The quantitative estimate of drug-likeness (QED) is 0.417. The maximum absolute atomic E-state index is 4.85. The number of nitrogens with two attached hydrogens (primary N) is 1. The summed E-state index contributed by atoms with van der Waals surface area (Å²) in [5.41, 5.74) is 4.85. The molecule has 0 aromatic rings. The van der Waals surface area contributed by atoms with Gasteiger partial charge < -0.3 is 11.2 Å². The lowest BCUT2D eigenvalue weighted by atomic mass is 10.8. The lowest BCUT2D eigenvalue weighted by Gasteiger charge is -1.53. The zero-order valence-electron chi connectivity index (χ0n) is 4.20. The Morgan fingerprint density at radius 2 is 1.50 bits per heavy atom. The molecule has 0 spiro atoms. The summed E-state index contributed by atoms with van der Waals surface area (Å²) in [6.45, 7) is 8.65. The van der Waals surface area contributed by atoms with Gasteiger partial charge in [-0.15, -0.1) is 13.2 Å². The van der Waals surface area contributed by atoms with Crippen LogP contribution in [0, 0.1) is 0 Å². The van der Waals surface area contributed by atoms with Crippen LogP contribution in [0.2, 0.25) is 0 Å². The van der Waals surface area contributed by atoms with Gasteiger partial charge in [0.1, 0.15) is 0 Å². The third kappa shape index (κ3) is 224. The minimum absolute atomic E-state index is 0. The second kappa shape index (κ2) is 143. The van der Waals surface area contributed by atoms with E-state index in [2.05, 4.69) is 13.2 Å². The summed E-state index contributed by atoms with van der Waals surface area (Å²) in [5.74, 6) is 0. The van der Waals surface area contributed by atoms with Crippen LogP contribution in [0.5, 0.6) is 0 Å². The van der Waals surface area contributed by atoms with Gasteiger partial charge in [0.25, 0.3) is 0 Å². The van der Waals surface area contributed by atoms with E-state index in [9.17, 15) is 0 Å². The molecule has 6 heavy (non-hydrogen) atoms. The van der Waals surface area contributed by atoms with Crippen LogP contribution in [0.1, 0.15) is 6.92 Å². The molecule has 0 saturated heterocycles. The number of hydrogen-bond acceptors (Lipinski definition) is 1. The summed E-state index contributed by atoms with van der Waals surface area (Å²) in [6, 6.07) is 0. The van der Waals surface area contributed by atoms with Crippen LogP contribution in [0.4, 0.5) is 0 Å². The Balaban J connectivity index is -0.0000000275. The number of hydrogen-bond donors (Lipinski definition) is 1. The van der Waals surface area contributed by atoms with Gasteiger partial charge in [0.05, 0.1) is 0 Å². The molecule has 0 saturated carbocycles. The summed E-state index contributed by atoms with van der Waals surface area (Å²) in [5, 5.41) is 0. The molecule has 0 heterocycles. The fourth-order valence-electron chi connectivity index (χ4n) is 0. The first-order chi connectivity index (χ1) is 2.41. The van der Waals surface area contributed by atoms with Crippen molar-refractivity contribution in [2.24, 2.45) is 5.73 Å². The maximum atomic E-state index is 4.85. The summed E-state index contributed by atoms with van der Waals surface area (Å²) in [4.78, 5) is 0. The Hall–Kier alpha value is -0.340. The zero-order valence-corrected chi connectivity index (χ0v) is 4.20. The SMILES string of the molecule is C=C.CCN.O. The molecule has 0 fully saturated rings. The van der Waals surface area contributed by atoms with Crippen molar-refractivity contribution in [3.63, 3.8) is 0 Å². The van der Waals surface area contributed by atoms with Crippen LogP contribution in [-0.4, -0.2) is 12.0 Å². The van der Waals surface area contributed by atoms with E-state index in [1.165, 1.54) is 0 Å². The van der Waals surface area contributed by atoms with Gasteiger partial charge in [0, 0.05) is 0 Å². The first kappa shape index (κ1) is 17.4. The van der Waals surface area contributed by atoms with Gasteiger partial charge in [-0.1, -0.05) is 6.92 Å². The largest absolute Gasteiger partial charge is 0.412 e. The molecule has 0 aliphatic heterocycles. The lowest BCUT2D eigenvalue weighted by molar-refractivity contribution is 0.824. The molecule has 0 aromatic heterocycles. The Morgan fingerprint density at radius 1 is 1.50 bits per heavy atom. The van der Waals surface area contributed by atoms with Gasteiger partial charge in [-0.2, -0.15) is 0 Å². The van der Waals surface area contributed by atoms with Gasteiger partial charge in [-0.05, 0) is 6.54 Å². The van der Waals surface area contributed by atoms with Crippen molar-refractivity contribution < 1.29 is 5.48 Å². The third-order valence-corrected chi connectivity index (χ3v) is 0. The molecule has 2 nitrogen and oxygen atoms in total. The van der Waals surface area contributed by atoms with E-state index in [1.54, 1.807) is 0 Å². The van der Waals surface area contributed by atoms with Gasteiger partial charge in [-0.3, -0.25) is 0 Å². The van der Waals surface area contributed by atoms with Gasteiger partial charge in [0.15, 0.2) is 0 Å². The monoisotopic (exact) mass is 91.1 g/mol. The Bertz CT molecular complexity index is 11.5. The predicted octanol–water partition coefficient (Wildman–Crippen LogP) is -0.0575. The fourth-order valence-corrected chi connectivity index (χ4v) is 0. The highest BCUT2D eigenvalue weighted by Crippen LogP contribution is 1.20. The molecule has 0 aliphatic rings. The minimum atomic E-state index is 0. The Labute approximate surface area is 39.0 Å². The average Bonchev–Trinajstić information content (AvgIpc) is 1.46. The second-order valence-electron chi connectivity index (χ2n) is 0.408. The molecule has 0 amide bonds. The van der Waals surface area contributed by atoms with Crippen LogP contribution in [0.25, 0.3) is 0 Å². The van der Waals surface area contributed by atoms with Crippen molar-refractivity contribution in [3.8, 4) is 0 Å². The standard InChI is InChI=1S/C2H7N.C2H4.H2O/c1-2-3;1-2;/h2-3H2,1H3;1-2H2;1H2. The van der Waals surface area contributed by atoms with Crippen LogP contribution in [-0.2, 0) is 0 Å². The normalized spacial score (nSPS) is 3.67. The molecule has 0 bridgehead atoms. The zero-order chi connectivity index (χ0) is 4.71.